The number of aliphatic hydroxyl groups is 1. The normalized spacial score (nSPS) is 18.0. The highest BCUT2D eigenvalue weighted by Crippen LogP contribution is 2.20. The molecule has 1 heterocycles. The zero-order chi connectivity index (χ0) is 18.2. The predicted molar refractivity (Wildman–Crippen MR) is 101 cm³/mol. The average Bonchev–Trinajstić information content (AvgIpc) is 2.61. The second kappa shape index (κ2) is 9.78. The fourth-order valence-electron chi connectivity index (χ4n) is 3.32. The quantitative estimate of drug-likeness (QED) is 0.797. The van der Waals surface area contributed by atoms with Crippen molar-refractivity contribution in [2.24, 2.45) is 0 Å². The zero-order valence-electron chi connectivity index (χ0n) is 15.9. The lowest BCUT2D eigenvalue weighted by Crippen LogP contribution is -2.48. The van der Waals surface area contributed by atoms with Crippen LogP contribution in [0.15, 0.2) is 24.3 Å². The molecule has 1 aromatic carbocycles. The summed E-state index contributed by atoms with van der Waals surface area (Å²) in [4.78, 5) is 16.8. The summed E-state index contributed by atoms with van der Waals surface area (Å²) >= 11 is 0. The molecule has 1 aliphatic rings. The molecule has 1 fully saturated rings. The van der Waals surface area contributed by atoms with E-state index in [1.165, 1.54) is 11.1 Å². The van der Waals surface area contributed by atoms with Gasteiger partial charge in [0.2, 0.25) is 0 Å². The van der Waals surface area contributed by atoms with Crippen LogP contribution in [0, 0.1) is 0 Å². The molecule has 1 atom stereocenters. The smallest absolute Gasteiger partial charge is 0.317 e. The van der Waals surface area contributed by atoms with Gasteiger partial charge in [-0.1, -0.05) is 24.3 Å². The van der Waals surface area contributed by atoms with Crippen molar-refractivity contribution in [2.75, 3.05) is 20.2 Å². The van der Waals surface area contributed by atoms with E-state index in [2.05, 4.69) is 49.3 Å². The van der Waals surface area contributed by atoms with Gasteiger partial charge in [0.1, 0.15) is 0 Å². The van der Waals surface area contributed by atoms with Gasteiger partial charge in [0, 0.05) is 38.3 Å². The van der Waals surface area contributed by atoms with Crippen LogP contribution >= 0.6 is 0 Å². The third-order valence-corrected chi connectivity index (χ3v) is 5.20. The van der Waals surface area contributed by atoms with Gasteiger partial charge >= 0.3 is 6.03 Å². The van der Waals surface area contributed by atoms with Gasteiger partial charge in [0.15, 0.2) is 0 Å². The number of hydrogen-bond donors (Lipinski definition) is 2. The minimum Gasteiger partial charge on any atom is -0.396 e. The molecule has 0 spiro atoms. The molecule has 140 valence electrons. The number of aliphatic hydroxyl groups excluding tert-OH is 1. The predicted octanol–water partition coefficient (Wildman–Crippen LogP) is 2.97. The second-order valence-electron chi connectivity index (χ2n) is 7.29. The van der Waals surface area contributed by atoms with Crippen molar-refractivity contribution in [3.63, 3.8) is 0 Å². The van der Waals surface area contributed by atoms with E-state index in [1.807, 2.05) is 11.0 Å². The maximum atomic E-state index is 12.6. The van der Waals surface area contributed by atoms with Crippen LogP contribution in [0.2, 0.25) is 0 Å². The van der Waals surface area contributed by atoms with Crippen LogP contribution in [-0.2, 0) is 13.1 Å². The van der Waals surface area contributed by atoms with Gasteiger partial charge in [0.25, 0.3) is 0 Å². The zero-order valence-corrected chi connectivity index (χ0v) is 15.9. The summed E-state index contributed by atoms with van der Waals surface area (Å²) in [5.41, 5.74) is 2.42. The van der Waals surface area contributed by atoms with Crippen molar-refractivity contribution in [2.45, 2.75) is 64.7 Å². The molecule has 1 unspecified atom stereocenters. The lowest BCUT2D eigenvalue weighted by atomic mass is 10.00. The minimum atomic E-state index is -0.00910. The van der Waals surface area contributed by atoms with Crippen molar-refractivity contribution >= 4 is 6.03 Å². The van der Waals surface area contributed by atoms with Crippen LogP contribution in [0.5, 0.6) is 0 Å². The molecule has 2 rings (SSSR count). The Morgan fingerprint density at radius 3 is 2.72 bits per heavy atom. The first-order chi connectivity index (χ1) is 12.0. The van der Waals surface area contributed by atoms with Gasteiger partial charge in [-0.25, -0.2) is 4.79 Å². The van der Waals surface area contributed by atoms with Crippen LogP contribution in [0.1, 0.15) is 50.7 Å². The van der Waals surface area contributed by atoms with E-state index in [9.17, 15) is 9.90 Å². The standard InChI is InChI=1S/C20H33N3O2/c1-16(2)22(3)15-18-9-5-4-8-17(18)14-21-20(25)23-12-7-6-10-19(23)11-13-24/h4-5,8-9,16,19,24H,6-7,10-15H2,1-3H3,(H,21,25). The number of hydrogen-bond acceptors (Lipinski definition) is 3. The summed E-state index contributed by atoms with van der Waals surface area (Å²) < 4.78 is 0. The van der Waals surface area contributed by atoms with E-state index in [0.717, 1.165) is 32.4 Å². The van der Waals surface area contributed by atoms with Crippen LogP contribution in [0.3, 0.4) is 0 Å². The van der Waals surface area contributed by atoms with Crippen LogP contribution in [0.25, 0.3) is 0 Å². The number of benzene rings is 1. The first-order valence-corrected chi connectivity index (χ1v) is 9.45. The SMILES string of the molecule is CC(C)N(C)Cc1ccccc1CNC(=O)N1CCCCC1CCO. The van der Waals surface area contributed by atoms with Gasteiger partial charge in [-0.15, -0.1) is 0 Å². The third-order valence-electron chi connectivity index (χ3n) is 5.20. The molecule has 0 aliphatic carbocycles. The Hall–Kier alpha value is -1.59. The summed E-state index contributed by atoms with van der Waals surface area (Å²) in [5.74, 6) is 0. The number of amides is 2. The summed E-state index contributed by atoms with van der Waals surface area (Å²) in [5, 5.41) is 12.3. The molecule has 2 amide bonds. The number of urea groups is 1. The van der Waals surface area contributed by atoms with Crippen LogP contribution in [0.4, 0.5) is 4.79 Å². The van der Waals surface area contributed by atoms with Crippen molar-refractivity contribution in [1.82, 2.24) is 15.1 Å². The number of piperidine rings is 1. The number of likely N-dealkylation sites (tertiary alicyclic amines) is 1. The molecule has 1 aromatic rings. The topological polar surface area (TPSA) is 55.8 Å². The van der Waals surface area contributed by atoms with Crippen LogP contribution in [-0.4, -0.2) is 53.2 Å². The molecule has 5 nitrogen and oxygen atoms in total. The lowest BCUT2D eigenvalue weighted by molar-refractivity contribution is 0.131. The van der Waals surface area contributed by atoms with Crippen molar-refractivity contribution in [1.29, 1.82) is 0 Å². The largest absolute Gasteiger partial charge is 0.396 e. The minimum absolute atomic E-state index is 0.00910. The Morgan fingerprint density at radius 2 is 2.04 bits per heavy atom. The van der Waals surface area contributed by atoms with Crippen LogP contribution < -0.4 is 5.32 Å². The first-order valence-electron chi connectivity index (χ1n) is 9.45. The van der Waals surface area contributed by atoms with Crippen molar-refractivity contribution in [3.8, 4) is 0 Å². The maximum Gasteiger partial charge on any atom is 0.317 e. The van der Waals surface area contributed by atoms with E-state index in [1.54, 1.807) is 0 Å². The number of carbonyl (C=O) groups excluding carboxylic acids is 1. The van der Waals surface area contributed by atoms with Gasteiger partial charge in [0.05, 0.1) is 0 Å². The average molecular weight is 348 g/mol. The number of rotatable bonds is 7. The Labute approximate surface area is 152 Å². The number of nitrogens with one attached hydrogen (secondary N) is 1. The maximum absolute atomic E-state index is 12.6. The Balaban J connectivity index is 1.97. The molecule has 2 N–H and O–H groups in total. The molecular weight excluding hydrogens is 314 g/mol. The Kier molecular flexibility index (Phi) is 7.72. The highest BCUT2D eigenvalue weighted by atomic mass is 16.3. The van der Waals surface area contributed by atoms with Gasteiger partial charge in [-0.3, -0.25) is 4.90 Å². The number of nitrogens with zero attached hydrogens (tertiary/aromatic N) is 2. The summed E-state index contributed by atoms with van der Waals surface area (Å²) in [7, 11) is 2.12. The Bertz CT molecular complexity index is 545. The molecule has 1 aliphatic heterocycles. The molecular formula is C20H33N3O2. The van der Waals surface area contributed by atoms with E-state index in [-0.39, 0.29) is 18.7 Å². The number of carbonyl (C=O) groups is 1. The van der Waals surface area contributed by atoms with Gasteiger partial charge < -0.3 is 15.3 Å². The molecule has 0 saturated carbocycles. The molecule has 0 bridgehead atoms. The lowest BCUT2D eigenvalue weighted by Gasteiger charge is -2.35. The Morgan fingerprint density at radius 1 is 1.32 bits per heavy atom. The summed E-state index contributed by atoms with van der Waals surface area (Å²) in [6.45, 7) is 6.71. The van der Waals surface area contributed by atoms with Crippen molar-refractivity contribution < 1.29 is 9.90 Å². The molecule has 5 heteroatoms. The van der Waals surface area contributed by atoms with Gasteiger partial charge in [-0.2, -0.15) is 0 Å². The van der Waals surface area contributed by atoms with E-state index in [0.29, 0.717) is 19.0 Å². The molecule has 1 saturated heterocycles. The van der Waals surface area contributed by atoms with Gasteiger partial charge in [-0.05, 0) is 57.7 Å². The summed E-state index contributed by atoms with van der Waals surface area (Å²) in [6.07, 6.45) is 3.84. The highest BCUT2D eigenvalue weighted by Gasteiger charge is 2.26. The van der Waals surface area contributed by atoms with E-state index < -0.39 is 0 Å². The monoisotopic (exact) mass is 347 g/mol. The summed E-state index contributed by atoms with van der Waals surface area (Å²) in [6, 6.07) is 8.94. The highest BCUT2D eigenvalue weighted by molar-refractivity contribution is 5.74. The molecule has 0 radical (unpaired) electrons. The van der Waals surface area contributed by atoms with E-state index in [4.69, 9.17) is 0 Å². The molecule has 0 aromatic heterocycles. The fraction of sp³-hybridized carbons (Fsp3) is 0.650. The first kappa shape index (κ1) is 19.7. The van der Waals surface area contributed by atoms with E-state index >= 15 is 0 Å². The van der Waals surface area contributed by atoms with Crippen molar-refractivity contribution in [3.05, 3.63) is 35.4 Å². The molecule has 25 heavy (non-hydrogen) atoms. The third kappa shape index (κ3) is 5.72. The fourth-order valence-corrected chi connectivity index (χ4v) is 3.32. The second-order valence-corrected chi connectivity index (χ2v) is 7.29.